The summed E-state index contributed by atoms with van der Waals surface area (Å²) in [5, 5.41) is 11.0. The van der Waals surface area contributed by atoms with Gasteiger partial charge in [-0.3, -0.25) is 4.79 Å². The molecule has 1 aliphatic rings. The highest BCUT2D eigenvalue weighted by Crippen LogP contribution is 2.33. The third-order valence-electron chi connectivity index (χ3n) is 5.76. The van der Waals surface area contributed by atoms with E-state index in [1.54, 1.807) is 0 Å². The molecule has 0 unspecified atom stereocenters. The number of aryl methyl sites for hydroxylation is 2. The fourth-order valence-corrected chi connectivity index (χ4v) is 5.28. The van der Waals surface area contributed by atoms with E-state index in [0.29, 0.717) is 18.9 Å². The average molecular weight is 463 g/mol. The number of carbonyl (C=O) groups is 1. The fourth-order valence-electron chi connectivity index (χ4n) is 4.13. The second-order valence-electron chi connectivity index (χ2n) is 8.28. The standard InChI is InChI=1S/C26H26N2O4S/c29-25(30)16-19-14-18-15-21(10-11-22(18)27-19)32-13-3-12-31-20-8-6-17(7-9-20)26-28-23-4-1-2-5-24(23)33-26/h6-11,14-15,27H,1-5,12-13,16H2,(H,29,30). The molecule has 5 rings (SSSR count). The van der Waals surface area contributed by atoms with Crippen LogP contribution in [-0.2, 0) is 24.1 Å². The van der Waals surface area contributed by atoms with Crippen LogP contribution in [0.1, 0.15) is 35.5 Å². The van der Waals surface area contributed by atoms with E-state index >= 15 is 0 Å². The van der Waals surface area contributed by atoms with Crippen molar-refractivity contribution in [3.63, 3.8) is 0 Å². The molecule has 2 heterocycles. The Balaban J connectivity index is 1.09. The van der Waals surface area contributed by atoms with E-state index in [1.807, 2.05) is 47.7 Å². The van der Waals surface area contributed by atoms with Crippen molar-refractivity contribution in [3.05, 3.63) is 64.8 Å². The molecule has 6 nitrogen and oxygen atoms in total. The Morgan fingerprint density at radius 1 is 1.00 bits per heavy atom. The number of carboxylic acid groups (broad SMARTS) is 1. The summed E-state index contributed by atoms with van der Waals surface area (Å²) in [6.45, 7) is 1.11. The number of aliphatic carboxylic acids is 1. The van der Waals surface area contributed by atoms with Gasteiger partial charge in [0.1, 0.15) is 16.5 Å². The minimum atomic E-state index is -0.852. The molecule has 0 saturated heterocycles. The summed E-state index contributed by atoms with van der Waals surface area (Å²) in [4.78, 5) is 20.3. The van der Waals surface area contributed by atoms with Gasteiger partial charge in [-0.2, -0.15) is 0 Å². The molecule has 4 aromatic rings. The van der Waals surface area contributed by atoms with E-state index in [2.05, 4.69) is 17.1 Å². The van der Waals surface area contributed by atoms with Crippen LogP contribution < -0.4 is 9.47 Å². The number of nitrogens with one attached hydrogen (secondary N) is 1. The largest absolute Gasteiger partial charge is 0.493 e. The summed E-state index contributed by atoms with van der Waals surface area (Å²) < 4.78 is 11.7. The first-order chi connectivity index (χ1) is 16.1. The summed E-state index contributed by atoms with van der Waals surface area (Å²) >= 11 is 1.82. The zero-order valence-corrected chi connectivity index (χ0v) is 19.1. The Hall–Kier alpha value is -3.32. The lowest BCUT2D eigenvalue weighted by molar-refractivity contribution is -0.136. The van der Waals surface area contributed by atoms with Crippen LogP contribution in [0.3, 0.4) is 0 Å². The number of aromatic nitrogens is 2. The van der Waals surface area contributed by atoms with Crippen LogP contribution in [0.4, 0.5) is 0 Å². The number of nitrogens with zero attached hydrogens (tertiary/aromatic N) is 1. The lowest BCUT2D eigenvalue weighted by Crippen LogP contribution is -2.04. The summed E-state index contributed by atoms with van der Waals surface area (Å²) in [5.41, 5.74) is 4.03. The summed E-state index contributed by atoms with van der Waals surface area (Å²) in [6.07, 6.45) is 5.55. The van der Waals surface area contributed by atoms with Crippen molar-refractivity contribution in [2.45, 2.75) is 38.5 Å². The van der Waals surface area contributed by atoms with Gasteiger partial charge in [-0.25, -0.2) is 4.98 Å². The van der Waals surface area contributed by atoms with Gasteiger partial charge in [0, 0.05) is 33.5 Å². The van der Waals surface area contributed by atoms with Crippen molar-refractivity contribution in [2.75, 3.05) is 13.2 Å². The maximum atomic E-state index is 10.9. The number of hydrogen-bond donors (Lipinski definition) is 2. The summed E-state index contributed by atoms with van der Waals surface area (Å²) in [7, 11) is 0. The lowest BCUT2D eigenvalue weighted by Gasteiger charge is -2.08. The van der Waals surface area contributed by atoms with Gasteiger partial charge in [-0.05, 0) is 74.2 Å². The summed E-state index contributed by atoms with van der Waals surface area (Å²) in [5.74, 6) is 0.758. The smallest absolute Gasteiger partial charge is 0.309 e. The van der Waals surface area contributed by atoms with Gasteiger partial charge in [0.2, 0.25) is 0 Å². The average Bonchev–Trinajstić information content (AvgIpc) is 3.42. The molecule has 2 aromatic carbocycles. The number of ether oxygens (including phenoxy) is 2. The molecule has 0 spiro atoms. The number of thiazole rings is 1. The van der Waals surface area contributed by atoms with Crippen molar-refractivity contribution in [3.8, 4) is 22.1 Å². The Kier molecular flexibility index (Phi) is 6.30. The van der Waals surface area contributed by atoms with Gasteiger partial charge < -0.3 is 19.6 Å². The molecule has 0 saturated carbocycles. The van der Waals surface area contributed by atoms with Gasteiger partial charge in [0.15, 0.2) is 0 Å². The molecule has 0 aliphatic heterocycles. The fraction of sp³-hybridized carbons (Fsp3) is 0.308. The highest BCUT2D eigenvalue weighted by Gasteiger charge is 2.16. The molecule has 2 aromatic heterocycles. The number of rotatable bonds is 9. The Bertz CT molecular complexity index is 1240. The van der Waals surface area contributed by atoms with Crippen molar-refractivity contribution in [2.24, 2.45) is 0 Å². The van der Waals surface area contributed by atoms with Crippen molar-refractivity contribution in [1.82, 2.24) is 9.97 Å². The Morgan fingerprint density at radius 2 is 1.76 bits per heavy atom. The van der Waals surface area contributed by atoms with Crippen LogP contribution in [0.2, 0.25) is 0 Å². The van der Waals surface area contributed by atoms with Crippen molar-refractivity contribution < 1.29 is 19.4 Å². The van der Waals surface area contributed by atoms with Crippen LogP contribution >= 0.6 is 11.3 Å². The lowest BCUT2D eigenvalue weighted by atomic mass is 10.0. The number of carboxylic acids is 1. The predicted octanol–water partition coefficient (Wildman–Crippen LogP) is 5.65. The second-order valence-corrected chi connectivity index (χ2v) is 9.37. The number of fused-ring (bicyclic) bond motifs is 2. The van der Waals surface area contributed by atoms with E-state index in [9.17, 15) is 4.79 Å². The topological polar surface area (TPSA) is 84.4 Å². The van der Waals surface area contributed by atoms with Gasteiger partial charge in [-0.1, -0.05) is 0 Å². The molecular formula is C26H26N2O4S. The Morgan fingerprint density at radius 3 is 2.55 bits per heavy atom. The first-order valence-corrected chi connectivity index (χ1v) is 12.1. The van der Waals surface area contributed by atoms with Crippen LogP contribution in [0, 0.1) is 0 Å². The van der Waals surface area contributed by atoms with Gasteiger partial charge in [0.25, 0.3) is 0 Å². The van der Waals surface area contributed by atoms with Crippen molar-refractivity contribution in [1.29, 1.82) is 0 Å². The molecule has 33 heavy (non-hydrogen) atoms. The third kappa shape index (κ3) is 5.20. The highest BCUT2D eigenvalue weighted by atomic mass is 32.1. The molecule has 170 valence electrons. The molecule has 0 fully saturated rings. The van der Waals surface area contributed by atoms with E-state index in [0.717, 1.165) is 45.8 Å². The van der Waals surface area contributed by atoms with E-state index in [-0.39, 0.29) is 6.42 Å². The predicted molar refractivity (Wildman–Crippen MR) is 129 cm³/mol. The van der Waals surface area contributed by atoms with Gasteiger partial charge in [-0.15, -0.1) is 11.3 Å². The highest BCUT2D eigenvalue weighted by molar-refractivity contribution is 7.15. The maximum absolute atomic E-state index is 10.9. The van der Waals surface area contributed by atoms with E-state index in [4.69, 9.17) is 19.6 Å². The zero-order valence-electron chi connectivity index (χ0n) is 18.3. The molecule has 7 heteroatoms. The Labute approximate surface area is 196 Å². The minimum absolute atomic E-state index is 0.0187. The SMILES string of the molecule is O=C(O)Cc1cc2cc(OCCCOc3ccc(-c4nc5c(s4)CCCC5)cc3)ccc2[nH]1. The summed E-state index contributed by atoms with van der Waals surface area (Å²) in [6, 6.07) is 15.8. The van der Waals surface area contributed by atoms with Crippen LogP contribution in [0.15, 0.2) is 48.5 Å². The first-order valence-electron chi connectivity index (χ1n) is 11.3. The molecule has 0 radical (unpaired) electrons. The van der Waals surface area contributed by atoms with Crippen LogP contribution in [0.5, 0.6) is 11.5 Å². The minimum Gasteiger partial charge on any atom is -0.493 e. The van der Waals surface area contributed by atoms with E-state index in [1.165, 1.54) is 29.8 Å². The quantitative estimate of drug-likeness (QED) is 0.314. The molecule has 0 bridgehead atoms. The third-order valence-corrected chi connectivity index (χ3v) is 6.97. The molecule has 2 N–H and O–H groups in total. The number of H-pyrrole nitrogens is 1. The number of aromatic amines is 1. The monoisotopic (exact) mass is 462 g/mol. The first kappa shape index (κ1) is 21.5. The van der Waals surface area contributed by atoms with Gasteiger partial charge >= 0.3 is 5.97 Å². The van der Waals surface area contributed by atoms with Crippen LogP contribution in [-0.4, -0.2) is 34.3 Å². The van der Waals surface area contributed by atoms with Gasteiger partial charge in [0.05, 0.1) is 25.3 Å². The van der Waals surface area contributed by atoms with Crippen LogP contribution in [0.25, 0.3) is 21.5 Å². The normalized spacial score (nSPS) is 13.1. The molecule has 0 atom stereocenters. The number of hydrogen-bond acceptors (Lipinski definition) is 5. The molecular weight excluding hydrogens is 436 g/mol. The zero-order chi connectivity index (χ0) is 22.6. The van der Waals surface area contributed by atoms with E-state index < -0.39 is 5.97 Å². The molecule has 0 amide bonds. The van der Waals surface area contributed by atoms with Crippen molar-refractivity contribution >= 4 is 28.2 Å². The maximum Gasteiger partial charge on any atom is 0.309 e. The second kappa shape index (κ2) is 9.67. The number of benzene rings is 2. The molecule has 1 aliphatic carbocycles.